The largest absolute Gasteiger partial charge is 0.321 e. The number of halogens is 3. The molecule has 106 valence electrons. The van der Waals surface area contributed by atoms with E-state index in [9.17, 15) is 4.39 Å². The normalized spacial score (nSPS) is 27.5. The number of hydrogen-bond donors (Lipinski definition) is 1. The zero-order valence-electron chi connectivity index (χ0n) is 11.2. The topological polar surface area (TPSA) is 26.0 Å². The van der Waals surface area contributed by atoms with Crippen LogP contribution < -0.4 is 5.73 Å². The van der Waals surface area contributed by atoms with Crippen molar-refractivity contribution in [2.75, 3.05) is 0 Å². The minimum absolute atomic E-state index is 0.137. The fraction of sp³-hybridized carbons (Fsp3) is 0.600. The first-order chi connectivity index (χ1) is 8.98. The highest BCUT2D eigenvalue weighted by Crippen LogP contribution is 2.42. The Morgan fingerprint density at radius 3 is 2.63 bits per heavy atom. The maximum Gasteiger partial charge on any atom is 0.147 e. The SMILES string of the molecule is CCCC1CCC(N)(c2ccc(Br)c(Cl)c2F)CC1. The first-order valence-electron chi connectivity index (χ1n) is 6.91. The summed E-state index contributed by atoms with van der Waals surface area (Å²) in [5, 5.41) is 0.137. The third-order valence-corrected chi connectivity index (χ3v) is 5.52. The van der Waals surface area contributed by atoms with Gasteiger partial charge < -0.3 is 5.73 Å². The van der Waals surface area contributed by atoms with E-state index in [0.29, 0.717) is 10.0 Å². The molecular weight excluding hydrogens is 329 g/mol. The molecule has 0 saturated heterocycles. The first kappa shape index (κ1) is 15.3. The fourth-order valence-electron chi connectivity index (χ4n) is 3.07. The van der Waals surface area contributed by atoms with Crippen LogP contribution in [0.4, 0.5) is 4.39 Å². The van der Waals surface area contributed by atoms with Crippen LogP contribution >= 0.6 is 27.5 Å². The summed E-state index contributed by atoms with van der Waals surface area (Å²) in [5.74, 6) is 0.378. The molecular formula is C15H20BrClFN. The average molecular weight is 349 g/mol. The average Bonchev–Trinajstić information content (AvgIpc) is 2.39. The van der Waals surface area contributed by atoms with Crippen molar-refractivity contribution in [2.45, 2.75) is 51.0 Å². The molecule has 0 radical (unpaired) electrons. The van der Waals surface area contributed by atoms with Gasteiger partial charge in [-0.3, -0.25) is 0 Å². The molecule has 1 nitrogen and oxygen atoms in total. The highest BCUT2D eigenvalue weighted by Gasteiger charge is 2.35. The van der Waals surface area contributed by atoms with Crippen LogP contribution in [0.1, 0.15) is 51.0 Å². The molecule has 1 aromatic rings. The molecule has 0 heterocycles. The Balaban J connectivity index is 2.20. The summed E-state index contributed by atoms with van der Waals surface area (Å²) in [4.78, 5) is 0. The zero-order valence-corrected chi connectivity index (χ0v) is 13.5. The second-order valence-corrected chi connectivity index (χ2v) is 6.84. The van der Waals surface area contributed by atoms with E-state index in [4.69, 9.17) is 17.3 Å². The van der Waals surface area contributed by atoms with Crippen molar-refractivity contribution >= 4 is 27.5 Å². The van der Waals surface area contributed by atoms with Gasteiger partial charge in [-0.2, -0.15) is 0 Å². The Hall–Kier alpha value is -0.120. The van der Waals surface area contributed by atoms with Crippen LogP contribution in [0.25, 0.3) is 0 Å². The lowest BCUT2D eigenvalue weighted by Gasteiger charge is -2.38. The van der Waals surface area contributed by atoms with Gasteiger partial charge in [0.2, 0.25) is 0 Å². The van der Waals surface area contributed by atoms with E-state index in [0.717, 1.165) is 31.6 Å². The van der Waals surface area contributed by atoms with Gasteiger partial charge in [0.15, 0.2) is 0 Å². The molecule has 0 spiro atoms. The summed E-state index contributed by atoms with van der Waals surface area (Å²) < 4.78 is 14.9. The molecule has 1 aliphatic rings. The monoisotopic (exact) mass is 347 g/mol. The summed E-state index contributed by atoms with van der Waals surface area (Å²) in [6, 6.07) is 3.55. The number of rotatable bonds is 3. The van der Waals surface area contributed by atoms with Crippen molar-refractivity contribution in [3.05, 3.63) is 33.0 Å². The molecule has 0 amide bonds. The van der Waals surface area contributed by atoms with Crippen LogP contribution in [0.3, 0.4) is 0 Å². The zero-order chi connectivity index (χ0) is 14.0. The van der Waals surface area contributed by atoms with E-state index in [-0.39, 0.29) is 10.8 Å². The molecule has 1 saturated carbocycles. The lowest BCUT2D eigenvalue weighted by molar-refractivity contribution is 0.221. The van der Waals surface area contributed by atoms with E-state index in [1.165, 1.54) is 12.8 Å². The van der Waals surface area contributed by atoms with E-state index >= 15 is 0 Å². The summed E-state index contributed by atoms with van der Waals surface area (Å²) >= 11 is 9.20. The Morgan fingerprint density at radius 2 is 2.05 bits per heavy atom. The Morgan fingerprint density at radius 1 is 1.42 bits per heavy atom. The lowest BCUT2D eigenvalue weighted by Crippen LogP contribution is -2.41. The Labute approximate surface area is 127 Å². The summed E-state index contributed by atoms with van der Waals surface area (Å²) in [7, 11) is 0. The molecule has 0 aromatic heterocycles. The maximum absolute atomic E-state index is 14.3. The smallest absolute Gasteiger partial charge is 0.147 e. The van der Waals surface area contributed by atoms with Crippen LogP contribution in [-0.2, 0) is 5.54 Å². The van der Waals surface area contributed by atoms with Gasteiger partial charge in [-0.1, -0.05) is 37.4 Å². The molecule has 19 heavy (non-hydrogen) atoms. The van der Waals surface area contributed by atoms with Crippen LogP contribution in [0.5, 0.6) is 0 Å². The third kappa shape index (κ3) is 3.14. The molecule has 0 atom stereocenters. The predicted octanol–water partition coefficient (Wildman–Crippen LogP) is 5.39. The third-order valence-electron chi connectivity index (χ3n) is 4.27. The second-order valence-electron chi connectivity index (χ2n) is 5.61. The molecule has 2 rings (SSSR count). The van der Waals surface area contributed by atoms with Crippen molar-refractivity contribution in [3.8, 4) is 0 Å². The minimum atomic E-state index is -0.557. The van der Waals surface area contributed by atoms with Crippen molar-refractivity contribution in [1.29, 1.82) is 0 Å². The Kier molecular flexibility index (Phi) is 4.91. The molecule has 4 heteroatoms. The van der Waals surface area contributed by atoms with Crippen LogP contribution in [-0.4, -0.2) is 0 Å². The van der Waals surface area contributed by atoms with E-state index in [2.05, 4.69) is 22.9 Å². The van der Waals surface area contributed by atoms with Crippen molar-refractivity contribution < 1.29 is 4.39 Å². The van der Waals surface area contributed by atoms with Gasteiger partial charge >= 0.3 is 0 Å². The minimum Gasteiger partial charge on any atom is -0.321 e. The van der Waals surface area contributed by atoms with Gasteiger partial charge in [0.05, 0.1) is 5.02 Å². The maximum atomic E-state index is 14.3. The van der Waals surface area contributed by atoms with Crippen molar-refractivity contribution in [2.24, 2.45) is 11.7 Å². The van der Waals surface area contributed by atoms with Gasteiger partial charge in [0.1, 0.15) is 5.82 Å². The Bertz CT molecular complexity index is 456. The van der Waals surface area contributed by atoms with E-state index in [1.54, 1.807) is 12.1 Å². The van der Waals surface area contributed by atoms with Gasteiger partial charge in [0.25, 0.3) is 0 Å². The predicted molar refractivity (Wildman–Crippen MR) is 81.8 cm³/mol. The standard InChI is InChI=1S/C15H20BrClFN/c1-2-3-10-6-8-15(19,9-7-10)11-4-5-12(16)13(17)14(11)18/h4-5,10H,2-3,6-9,19H2,1H3. The van der Waals surface area contributed by atoms with Gasteiger partial charge in [-0.15, -0.1) is 0 Å². The van der Waals surface area contributed by atoms with Crippen LogP contribution in [0.2, 0.25) is 5.02 Å². The van der Waals surface area contributed by atoms with Gasteiger partial charge in [-0.25, -0.2) is 4.39 Å². The van der Waals surface area contributed by atoms with Gasteiger partial charge in [-0.05, 0) is 53.6 Å². The number of nitrogens with two attached hydrogens (primary N) is 1. The van der Waals surface area contributed by atoms with Crippen LogP contribution in [0.15, 0.2) is 16.6 Å². The quantitative estimate of drug-likeness (QED) is 0.729. The summed E-state index contributed by atoms with van der Waals surface area (Å²) in [5.41, 5.74) is 6.45. The summed E-state index contributed by atoms with van der Waals surface area (Å²) in [6.07, 6.45) is 6.30. The molecule has 0 bridgehead atoms. The van der Waals surface area contributed by atoms with Crippen LogP contribution in [0, 0.1) is 11.7 Å². The summed E-state index contributed by atoms with van der Waals surface area (Å²) in [6.45, 7) is 2.21. The number of benzene rings is 1. The molecule has 0 aliphatic heterocycles. The van der Waals surface area contributed by atoms with E-state index in [1.807, 2.05) is 0 Å². The fourth-order valence-corrected chi connectivity index (χ4v) is 3.54. The van der Waals surface area contributed by atoms with Crippen molar-refractivity contribution in [3.63, 3.8) is 0 Å². The highest BCUT2D eigenvalue weighted by atomic mass is 79.9. The van der Waals surface area contributed by atoms with Gasteiger partial charge in [0, 0.05) is 15.6 Å². The van der Waals surface area contributed by atoms with Crippen molar-refractivity contribution in [1.82, 2.24) is 0 Å². The lowest BCUT2D eigenvalue weighted by atomic mass is 9.72. The molecule has 1 fully saturated rings. The molecule has 2 N–H and O–H groups in total. The molecule has 1 aliphatic carbocycles. The number of hydrogen-bond acceptors (Lipinski definition) is 1. The second kappa shape index (κ2) is 6.11. The molecule has 1 aromatic carbocycles. The van der Waals surface area contributed by atoms with E-state index < -0.39 is 5.54 Å². The first-order valence-corrected chi connectivity index (χ1v) is 8.08. The highest BCUT2D eigenvalue weighted by molar-refractivity contribution is 9.10. The molecule has 0 unspecified atom stereocenters.